The van der Waals surface area contributed by atoms with Crippen molar-refractivity contribution in [1.82, 2.24) is 5.32 Å². The average Bonchev–Trinajstić information content (AvgIpc) is 2.25. The van der Waals surface area contributed by atoms with Gasteiger partial charge in [0, 0.05) is 13.1 Å². The maximum Gasteiger partial charge on any atom is 0.257 e. The first kappa shape index (κ1) is 14.7. The Morgan fingerprint density at radius 3 is 2.56 bits per heavy atom. The molecule has 0 aliphatic heterocycles. The Morgan fingerprint density at radius 2 is 2.00 bits per heavy atom. The van der Waals surface area contributed by atoms with Crippen LogP contribution in [-0.2, 0) is 4.79 Å². The second kappa shape index (κ2) is 7.96. The third kappa shape index (κ3) is 5.58. The number of nitrogens with two attached hydrogens (primary N) is 1. The Kier molecular flexibility index (Phi) is 7.33. The zero-order valence-electron chi connectivity index (χ0n) is 9.23. The van der Waals surface area contributed by atoms with Crippen LogP contribution in [0.1, 0.15) is 5.56 Å². The van der Waals surface area contributed by atoms with Crippen LogP contribution in [-0.4, -0.2) is 25.6 Å². The van der Waals surface area contributed by atoms with Crippen LogP contribution in [0.2, 0.25) is 0 Å². The quantitative estimate of drug-likeness (QED) is 0.808. The Bertz CT molecular complexity index is 314. The van der Waals surface area contributed by atoms with Crippen molar-refractivity contribution >= 4 is 18.3 Å². The molecule has 0 unspecified atom stereocenters. The van der Waals surface area contributed by atoms with Crippen LogP contribution in [0.3, 0.4) is 0 Å². The second-order valence-electron chi connectivity index (χ2n) is 3.24. The van der Waals surface area contributed by atoms with Gasteiger partial charge >= 0.3 is 0 Å². The lowest BCUT2D eigenvalue weighted by Crippen LogP contribution is -2.32. The second-order valence-corrected chi connectivity index (χ2v) is 3.24. The number of carbonyl (C=O) groups excluding carboxylic acids is 1. The number of halogens is 1. The predicted octanol–water partition coefficient (Wildman–Crippen LogP) is 0.871. The van der Waals surface area contributed by atoms with Gasteiger partial charge in [-0.05, 0) is 19.1 Å². The maximum absolute atomic E-state index is 11.2. The van der Waals surface area contributed by atoms with Gasteiger partial charge in [-0.25, -0.2) is 0 Å². The van der Waals surface area contributed by atoms with Crippen molar-refractivity contribution < 1.29 is 9.53 Å². The molecule has 0 aliphatic rings. The molecule has 16 heavy (non-hydrogen) atoms. The molecule has 0 heterocycles. The maximum atomic E-state index is 11.2. The SMILES string of the molecule is Cc1ccc(OCC(=O)NCCN)cc1.Cl. The Morgan fingerprint density at radius 1 is 1.38 bits per heavy atom. The predicted molar refractivity (Wildman–Crippen MR) is 66.0 cm³/mol. The van der Waals surface area contributed by atoms with E-state index in [1.165, 1.54) is 0 Å². The van der Waals surface area contributed by atoms with Crippen LogP contribution < -0.4 is 15.8 Å². The normalized spacial score (nSPS) is 9.12. The summed E-state index contributed by atoms with van der Waals surface area (Å²) in [6.45, 7) is 2.95. The molecular formula is C11H17ClN2O2. The number of rotatable bonds is 5. The van der Waals surface area contributed by atoms with Crippen LogP contribution in [0, 0.1) is 6.92 Å². The van der Waals surface area contributed by atoms with E-state index in [9.17, 15) is 4.79 Å². The molecule has 1 aromatic rings. The molecular weight excluding hydrogens is 228 g/mol. The molecule has 0 saturated carbocycles. The van der Waals surface area contributed by atoms with Crippen molar-refractivity contribution in [2.45, 2.75) is 6.92 Å². The molecule has 0 spiro atoms. The van der Waals surface area contributed by atoms with Crippen molar-refractivity contribution in [2.75, 3.05) is 19.7 Å². The fourth-order valence-corrected chi connectivity index (χ4v) is 1.05. The molecule has 0 saturated heterocycles. The summed E-state index contributed by atoms with van der Waals surface area (Å²) in [6.07, 6.45) is 0. The van der Waals surface area contributed by atoms with E-state index < -0.39 is 0 Å². The Hall–Kier alpha value is -1.26. The average molecular weight is 245 g/mol. The Labute approximate surface area is 102 Å². The highest BCUT2D eigenvalue weighted by Gasteiger charge is 2.00. The summed E-state index contributed by atoms with van der Waals surface area (Å²) in [7, 11) is 0. The highest BCUT2D eigenvalue weighted by Crippen LogP contribution is 2.10. The minimum atomic E-state index is -0.152. The van der Waals surface area contributed by atoms with Crippen molar-refractivity contribution in [1.29, 1.82) is 0 Å². The lowest BCUT2D eigenvalue weighted by atomic mass is 10.2. The molecule has 1 rings (SSSR count). The van der Waals surface area contributed by atoms with Gasteiger partial charge in [0.05, 0.1) is 0 Å². The zero-order valence-corrected chi connectivity index (χ0v) is 10.0. The van der Waals surface area contributed by atoms with E-state index in [1.54, 1.807) is 0 Å². The highest BCUT2D eigenvalue weighted by molar-refractivity contribution is 5.85. The molecule has 0 atom stereocenters. The number of amides is 1. The monoisotopic (exact) mass is 244 g/mol. The number of benzene rings is 1. The molecule has 1 amide bonds. The third-order valence-electron chi connectivity index (χ3n) is 1.86. The number of hydrogen-bond acceptors (Lipinski definition) is 3. The summed E-state index contributed by atoms with van der Waals surface area (Å²) in [5.41, 5.74) is 6.41. The van der Waals surface area contributed by atoms with Gasteiger partial charge in [-0.2, -0.15) is 0 Å². The summed E-state index contributed by atoms with van der Waals surface area (Å²) < 4.78 is 5.27. The van der Waals surface area contributed by atoms with Crippen LogP contribution in [0.4, 0.5) is 0 Å². The number of carbonyl (C=O) groups is 1. The van der Waals surface area contributed by atoms with Crippen LogP contribution >= 0.6 is 12.4 Å². The number of ether oxygens (including phenoxy) is 1. The Balaban J connectivity index is 0.00000225. The minimum Gasteiger partial charge on any atom is -0.484 e. The van der Waals surface area contributed by atoms with Gasteiger partial charge in [-0.15, -0.1) is 12.4 Å². The standard InChI is InChI=1S/C11H16N2O2.ClH/c1-9-2-4-10(5-3-9)15-8-11(14)13-7-6-12;/h2-5H,6-8,12H2,1H3,(H,13,14);1H. The number of nitrogens with one attached hydrogen (secondary N) is 1. The van der Waals surface area contributed by atoms with Gasteiger partial charge in [-0.3, -0.25) is 4.79 Å². The van der Waals surface area contributed by atoms with Gasteiger partial charge in [0.25, 0.3) is 5.91 Å². The molecule has 0 bridgehead atoms. The zero-order chi connectivity index (χ0) is 11.1. The summed E-state index contributed by atoms with van der Waals surface area (Å²) in [5, 5.41) is 2.63. The molecule has 0 radical (unpaired) electrons. The van der Waals surface area contributed by atoms with E-state index >= 15 is 0 Å². The van der Waals surface area contributed by atoms with E-state index in [0.29, 0.717) is 18.8 Å². The summed E-state index contributed by atoms with van der Waals surface area (Å²) in [5.74, 6) is 0.546. The molecule has 1 aromatic carbocycles. The fraction of sp³-hybridized carbons (Fsp3) is 0.364. The van der Waals surface area contributed by atoms with Gasteiger partial charge in [0.15, 0.2) is 6.61 Å². The topological polar surface area (TPSA) is 64.3 Å². The summed E-state index contributed by atoms with van der Waals surface area (Å²) >= 11 is 0. The first-order chi connectivity index (χ1) is 7.22. The van der Waals surface area contributed by atoms with Crippen molar-refractivity contribution in [2.24, 2.45) is 5.73 Å². The molecule has 0 aliphatic carbocycles. The van der Waals surface area contributed by atoms with E-state index in [2.05, 4.69) is 5.32 Å². The van der Waals surface area contributed by atoms with Crippen LogP contribution in [0.15, 0.2) is 24.3 Å². The number of aryl methyl sites for hydroxylation is 1. The molecule has 90 valence electrons. The lowest BCUT2D eigenvalue weighted by molar-refractivity contribution is -0.123. The minimum absolute atomic E-state index is 0. The highest BCUT2D eigenvalue weighted by atomic mass is 35.5. The molecule has 3 N–H and O–H groups in total. The third-order valence-corrected chi connectivity index (χ3v) is 1.86. The molecule has 5 heteroatoms. The van der Waals surface area contributed by atoms with E-state index in [-0.39, 0.29) is 24.9 Å². The van der Waals surface area contributed by atoms with Crippen LogP contribution in [0.25, 0.3) is 0 Å². The first-order valence-corrected chi connectivity index (χ1v) is 4.88. The van der Waals surface area contributed by atoms with Crippen molar-refractivity contribution in [3.8, 4) is 5.75 Å². The summed E-state index contributed by atoms with van der Waals surface area (Å²) in [6, 6.07) is 7.55. The van der Waals surface area contributed by atoms with Gasteiger partial charge in [0.2, 0.25) is 0 Å². The summed E-state index contributed by atoms with van der Waals surface area (Å²) in [4.78, 5) is 11.2. The van der Waals surface area contributed by atoms with Crippen molar-refractivity contribution in [3.63, 3.8) is 0 Å². The van der Waals surface area contributed by atoms with Gasteiger partial charge < -0.3 is 15.8 Å². The largest absolute Gasteiger partial charge is 0.484 e. The molecule has 4 nitrogen and oxygen atoms in total. The fourth-order valence-electron chi connectivity index (χ4n) is 1.05. The van der Waals surface area contributed by atoms with Gasteiger partial charge in [-0.1, -0.05) is 17.7 Å². The lowest BCUT2D eigenvalue weighted by Gasteiger charge is -2.06. The number of hydrogen-bond donors (Lipinski definition) is 2. The smallest absolute Gasteiger partial charge is 0.257 e. The molecule has 0 fully saturated rings. The van der Waals surface area contributed by atoms with E-state index in [1.807, 2.05) is 31.2 Å². The van der Waals surface area contributed by atoms with Crippen molar-refractivity contribution in [3.05, 3.63) is 29.8 Å². The molecule has 0 aromatic heterocycles. The van der Waals surface area contributed by atoms with Gasteiger partial charge in [0.1, 0.15) is 5.75 Å². The van der Waals surface area contributed by atoms with E-state index in [4.69, 9.17) is 10.5 Å². The first-order valence-electron chi connectivity index (χ1n) is 4.88. The van der Waals surface area contributed by atoms with Crippen LogP contribution in [0.5, 0.6) is 5.75 Å². The van der Waals surface area contributed by atoms with E-state index in [0.717, 1.165) is 5.56 Å².